The van der Waals surface area contributed by atoms with Crippen LogP contribution in [0.3, 0.4) is 0 Å². The van der Waals surface area contributed by atoms with E-state index in [-0.39, 0.29) is 18.5 Å². The molecule has 0 bridgehead atoms. The molecule has 2 unspecified atom stereocenters. The van der Waals surface area contributed by atoms with Crippen LogP contribution in [-0.2, 0) is 16.1 Å². The summed E-state index contributed by atoms with van der Waals surface area (Å²) in [5, 5.41) is 12.6. The number of aliphatic carboxylic acids is 1. The number of carbonyl (C=O) groups excluding carboxylic acids is 1. The molecular formula is C15H18N2O3. The van der Waals surface area contributed by atoms with Crippen molar-refractivity contribution < 1.29 is 14.7 Å². The number of hydrogen-bond acceptors (Lipinski definition) is 3. The molecule has 20 heavy (non-hydrogen) atoms. The Labute approximate surface area is 117 Å². The lowest BCUT2D eigenvalue weighted by Gasteiger charge is -2.34. The van der Waals surface area contributed by atoms with E-state index in [4.69, 9.17) is 0 Å². The third-order valence-electron chi connectivity index (χ3n) is 4.16. The summed E-state index contributed by atoms with van der Waals surface area (Å²) in [5.74, 6) is -1.46. The fourth-order valence-corrected chi connectivity index (χ4v) is 3.10. The van der Waals surface area contributed by atoms with E-state index in [0.29, 0.717) is 6.54 Å². The lowest BCUT2D eigenvalue weighted by molar-refractivity contribution is -0.141. The van der Waals surface area contributed by atoms with Gasteiger partial charge in [0.25, 0.3) is 0 Å². The third kappa shape index (κ3) is 2.29. The summed E-state index contributed by atoms with van der Waals surface area (Å²) in [5.41, 5.74) is 1.78. The number of fused-ring (bicyclic) bond motifs is 1. The zero-order valence-corrected chi connectivity index (χ0v) is 11.2. The van der Waals surface area contributed by atoms with Gasteiger partial charge in [0.2, 0.25) is 5.91 Å². The normalized spacial score (nSPS) is 25.3. The Morgan fingerprint density at radius 3 is 2.80 bits per heavy atom. The van der Waals surface area contributed by atoms with Crippen molar-refractivity contribution in [1.29, 1.82) is 0 Å². The first-order valence-electron chi connectivity index (χ1n) is 6.99. The predicted molar refractivity (Wildman–Crippen MR) is 73.3 cm³/mol. The number of carboxylic acids is 1. The predicted octanol–water partition coefficient (Wildman–Crippen LogP) is 0.949. The van der Waals surface area contributed by atoms with Gasteiger partial charge in [0.05, 0.1) is 12.0 Å². The highest BCUT2D eigenvalue weighted by atomic mass is 16.4. The van der Waals surface area contributed by atoms with Crippen molar-refractivity contribution in [2.45, 2.75) is 31.3 Å². The molecule has 0 aliphatic carbocycles. The van der Waals surface area contributed by atoms with Crippen molar-refractivity contribution in [3.8, 4) is 0 Å². The van der Waals surface area contributed by atoms with Gasteiger partial charge in [-0.15, -0.1) is 0 Å². The summed E-state index contributed by atoms with van der Waals surface area (Å²) in [6.07, 6.45) is 1.85. The minimum Gasteiger partial charge on any atom is -0.481 e. The fourth-order valence-electron chi connectivity index (χ4n) is 3.10. The number of hydrogen-bond donors (Lipinski definition) is 2. The van der Waals surface area contributed by atoms with Crippen molar-refractivity contribution in [3.05, 3.63) is 35.4 Å². The maximum absolute atomic E-state index is 12.4. The molecule has 1 aromatic carbocycles. The Hall–Kier alpha value is -1.88. The van der Waals surface area contributed by atoms with Gasteiger partial charge in [-0.05, 0) is 30.5 Å². The molecule has 3 rings (SSSR count). The summed E-state index contributed by atoms with van der Waals surface area (Å²) in [6, 6.07) is 7.36. The number of rotatable bonds is 2. The largest absolute Gasteiger partial charge is 0.481 e. The molecule has 2 aliphatic heterocycles. The van der Waals surface area contributed by atoms with Crippen LogP contribution in [0.5, 0.6) is 0 Å². The average molecular weight is 274 g/mol. The van der Waals surface area contributed by atoms with Crippen LogP contribution in [0.15, 0.2) is 24.3 Å². The van der Waals surface area contributed by atoms with Gasteiger partial charge < -0.3 is 15.3 Å². The van der Waals surface area contributed by atoms with Crippen LogP contribution in [0.4, 0.5) is 0 Å². The van der Waals surface area contributed by atoms with E-state index >= 15 is 0 Å². The molecule has 2 heterocycles. The summed E-state index contributed by atoms with van der Waals surface area (Å²) >= 11 is 0. The monoisotopic (exact) mass is 274 g/mol. The highest BCUT2D eigenvalue weighted by Crippen LogP contribution is 2.29. The van der Waals surface area contributed by atoms with E-state index < -0.39 is 11.9 Å². The van der Waals surface area contributed by atoms with Gasteiger partial charge in [-0.25, -0.2) is 0 Å². The summed E-state index contributed by atoms with van der Waals surface area (Å²) in [4.78, 5) is 25.6. The second-order valence-electron chi connectivity index (χ2n) is 5.46. The molecule has 0 saturated carbocycles. The van der Waals surface area contributed by atoms with E-state index in [9.17, 15) is 14.7 Å². The number of benzene rings is 1. The first-order chi connectivity index (χ1) is 9.66. The molecule has 5 nitrogen and oxygen atoms in total. The van der Waals surface area contributed by atoms with Crippen LogP contribution in [0.1, 0.15) is 29.9 Å². The van der Waals surface area contributed by atoms with Gasteiger partial charge in [0.15, 0.2) is 0 Å². The topological polar surface area (TPSA) is 69.6 Å². The Balaban J connectivity index is 1.86. The van der Waals surface area contributed by atoms with Gasteiger partial charge in [-0.3, -0.25) is 9.59 Å². The van der Waals surface area contributed by atoms with Crippen molar-refractivity contribution in [2.24, 2.45) is 0 Å². The first kappa shape index (κ1) is 13.1. The molecule has 1 fully saturated rings. The number of nitrogens with zero attached hydrogens (tertiary/aromatic N) is 1. The SMILES string of the molecule is O=C(O)C1CN(C(=O)C2CCCN2)Cc2ccccc21. The molecule has 2 aliphatic rings. The molecular weight excluding hydrogens is 256 g/mol. The molecule has 2 N–H and O–H groups in total. The Morgan fingerprint density at radius 1 is 1.30 bits per heavy atom. The van der Waals surface area contributed by atoms with E-state index in [2.05, 4.69) is 5.32 Å². The van der Waals surface area contributed by atoms with E-state index in [0.717, 1.165) is 30.5 Å². The maximum Gasteiger partial charge on any atom is 0.312 e. The van der Waals surface area contributed by atoms with Gasteiger partial charge in [-0.2, -0.15) is 0 Å². The third-order valence-corrected chi connectivity index (χ3v) is 4.16. The lowest BCUT2D eigenvalue weighted by atomic mass is 9.89. The van der Waals surface area contributed by atoms with Crippen LogP contribution < -0.4 is 5.32 Å². The van der Waals surface area contributed by atoms with Crippen LogP contribution in [0.2, 0.25) is 0 Å². The van der Waals surface area contributed by atoms with Gasteiger partial charge in [-0.1, -0.05) is 24.3 Å². The molecule has 1 aromatic rings. The van der Waals surface area contributed by atoms with Crippen molar-refractivity contribution in [3.63, 3.8) is 0 Å². The minimum absolute atomic E-state index is 0.0308. The quantitative estimate of drug-likeness (QED) is 0.842. The summed E-state index contributed by atoms with van der Waals surface area (Å²) in [6.45, 7) is 1.64. The molecule has 2 atom stereocenters. The smallest absolute Gasteiger partial charge is 0.312 e. The van der Waals surface area contributed by atoms with Crippen LogP contribution in [-0.4, -0.2) is 41.0 Å². The Morgan fingerprint density at radius 2 is 2.10 bits per heavy atom. The summed E-state index contributed by atoms with van der Waals surface area (Å²) < 4.78 is 0. The molecule has 106 valence electrons. The van der Waals surface area contributed by atoms with E-state index in [1.54, 1.807) is 4.90 Å². The number of amides is 1. The Kier molecular flexibility index (Phi) is 3.44. The molecule has 0 spiro atoms. The van der Waals surface area contributed by atoms with Gasteiger partial charge in [0.1, 0.15) is 0 Å². The zero-order valence-electron chi connectivity index (χ0n) is 11.2. The van der Waals surface area contributed by atoms with Gasteiger partial charge in [0, 0.05) is 13.1 Å². The molecule has 5 heteroatoms. The fraction of sp³-hybridized carbons (Fsp3) is 0.467. The standard InChI is InChI=1S/C15H18N2O3/c18-14(13-6-3-7-16-13)17-8-10-4-1-2-5-11(10)12(9-17)15(19)20/h1-2,4-5,12-13,16H,3,6-9H2,(H,19,20). The minimum atomic E-state index is -0.866. The Bertz CT molecular complexity index is 538. The first-order valence-corrected chi connectivity index (χ1v) is 6.99. The average Bonchev–Trinajstić information content (AvgIpc) is 2.99. The van der Waals surface area contributed by atoms with E-state index in [1.807, 2.05) is 24.3 Å². The molecule has 1 saturated heterocycles. The molecule has 0 radical (unpaired) electrons. The highest BCUT2D eigenvalue weighted by molar-refractivity contribution is 5.85. The van der Waals surface area contributed by atoms with Crippen LogP contribution in [0, 0.1) is 0 Å². The maximum atomic E-state index is 12.4. The number of carbonyl (C=O) groups is 2. The summed E-state index contributed by atoms with van der Waals surface area (Å²) in [7, 11) is 0. The zero-order chi connectivity index (χ0) is 14.1. The number of carboxylic acid groups (broad SMARTS) is 1. The number of nitrogens with one attached hydrogen (secondary N) is 1. The van der Waals surface area contributed by atoms with E-state index in [1.165, 1.54) is 0 Å². The second-order valence-corrected chi connectivity index (χ2v) is 5.46. The van der Waals surface area contributed by atoms with Crippen LogP contribution in [0.25, 0.3) is 0 Å². The van der Waals surface area contributed by atoms with Crippen molar-refractivity contribution in [1.82, 2.24) is 10.2 Å². The lowest BCUT2D eigenvalue weighted by Crippen LogP contribution is -2.47. The second kappa shape index (κ2) is 5.25. The van der Waals surface area contributed by atoms with Crippen LogP contribution >= 0.6 is 0 Å². The van der Waals surface area contributed by atoms with Crippen molar-refractivity contribution in [2.75, 3.05) is 13.1 Å². The molecule has 0 aromatic heterocycles. The molecule has 1 amide bonds. The van der Waals surface area contributed by atoms with Crippen molar-refractivity contribution >= 4 is 11.9 Å². The van der Waals surface area contributed by atoms with Gasteiger partial charge >= 0.3 is 5.97 Å². The highest BCUT2D eigenvalue weighted by Gasteiger charge is 2.35.